The summed E-state index contributed by atoms with van der Waals surface area (Å²) >= 11 is -3.31. The summed E-state index contributed by atoms with van der Waals surface area (Å²) in [6.45, 7) is 14.3. The number of anilines is 4. The van der Waals surface area contributed by atoms with Gasteiger partial charge in [0.1, 0.15) is 0 Å². The molecular formula is C61H51GeN3. The van der Waals surface area contributed by atoms with Crippen LogP contribution < -0.4 is 23.0 Å². The van der Waals surface area contributed by atoms with E-state index < -0.39 is 13.3 Å². The summed E-state index contributed by atoms with van der Waals surface area (Å²) in [6.07, 6.45) is 13.2. The van der Waals surface area contributed by atoms with Gasteiger partial charge in [0.25, 0.3) is 0 Å². The molecule has 1 atom stereocenters. The van der Waals surface area contributed by atoms with Crippen molar-refractivity contribution in [3.05, 3.63) is 276 Å². The first-order chi connectivity index (χ1) is 32.0. The van der Waals surface area contributed by atoms with Crippen molar-refractivity contribution in [2.75, 3.05) is 9.80 Å². The molecule has 4 heteroatoms. The van der Waals surface area contributed by atoms with E-state index in [0.717, 1.165) is 22.6 Å². The number of benzene rings is 8. The number of para-hydroxylation sites is 1. The zero-order chi connectivity index (χ0) is 44.6. The molecule has 314 valence electrons. The Labute approximate surface area is 387 Å². The quantitative estimate of drug-likeness (QED) is 0.0687. The summed E-state index contributed by atoms with van der Waals surface area (Å²) < 4.78 is 5.67. The van der Waals surface area contributed by atoms with Gasteiger partial charge in [0.15, 0.2) is 5.69 Å². The first-order valence-corrected chi connectivity index (χ1v) is 26.5. The molecule has 1 aliphatic rings. The monoisotopic (exact) mass is 899 g/mol. The number of nitrogens with zero attached hydrogens (tertiary/aromatic N) is 3. The molecule has 1 aliphatic heterocycles. The molecule has 0 aromatic heterocycles. The first-order valence-electron chi connectivity index (χ1n) is 22.3. The maximum absolute atomic E-state index is 7.58. The molecule has 8 aromatic rings. The average Bonchev–Trinajstić information content (AvgIpc) is 3.66. The van der Waals surface area contributed by atoms with E-state index in [9.17, 15) is 0 Å². The van der Waals surface area contributed by atoms with E-state index in [1.807, 2.05) is 24.3 Å². The normalized spacial score (nSPS) is 14.5. The molecule has 1 heterocycles. The van der Waals surface area contributed by atoms with Crippen LogP contribution in [-0.4, -0.2) is 13.3 Å². The van der Waals surface area contributed by atoms with Crippen LogP contribution in [-0.2, 0) is 0 Å². The summed E-state index contributed by atoms with van der Waals surface area (Å²) in [5.74, 6) is 0.198. The van der Waals surface area contributed by atoms with E-state index in [1.54, 1.807) is 0 Å². The Morgan fingerprint density at radius 1 is 0.554 bits per heavy atom. The second-order valence-electron chi connectivity index (χ2n) is 16.4. The fourth-order valence-electron chi connectivity index (χ4n) is 9.38. The Kier molecular flexibility index (Phi) is 12.7. The molecule has 0 spiro atoms. The van der Waals surface area contributed by atoms with Gasteiger partial charge in [0, 0.05) is 23.0 Å². The number of allylic oxidation sites excluding steroid dienone is 7. The molecule has 0 fully saturated rings. The molecule has 9 rings (SSSR count). The van der Waals surface area contributed by atoms with E-state index in [-0.39, 0.29) is 5.92 Å². The van der Waals surface area contributed by atoms with Crippen molar-refractivity contribution in [3.63, 3.8) is 0 Å². The van der Waals surface area contributed by atoms with Gasteiger partial charge in [-0.2, -0.15) is 0 Å². The SMILES string of the molecule is [C-]#[N+]c1ccc(N(/C=C/C=C2\C(C)c3ccccc3N2c2ccc(-c3ccccc3)cc2)c2ccc(-c3cc[c]([Ge](/[C](C)=C/C=C\C)([c]4ccccc4)[c]4ccccc4)cc3)cc2)cc1. The summed E-state index contributed by atoms with van der Waals surface area (Å²) in [7, 11) is 0. The van der Waals surface area contributed by atoms with Gasteiger partial charge in [-0.15, -0.1) is 0 Å². The zero-order valence-electron chi connectivity index (χ0n) is 37.1. The standard InChI is InChI=1S/C61H51GeN3/c1-5-6-19-46(2)62(52-22-12-8-13-23-52,53-24-14-9-15-25-53)54-35-29-49(30-36-54)51-31-39-56(40-32-51)64(57-43-37-55(63-4)38-44-57)45-18-28-60-47(3)59-26-16-17-27-61(59)65(60)58-41-33-50(34-42-58)48-20-10-7-11-21-48/h5-45,47H,1-3H3/b6-5-,45-18+,46-19+,60-28+. The second kappa shape index (κ2) is 19.4. The third kappa shape index (κ3) is 8.57. The van der Waals surface area contributed by atoms with Crippen LogP contribution in [0.1, 0.15) is 32.3 Å². The molecule has 8 aromatic carbocycles. The van der Waals surface area contributed by atoms with Gasteiger partial charge in [-0.3, -0.25) is 0 Å². The third-order valence-corrected chi connectivity index (χ3v) is 23.1. The van der Waals surface area contributed by atoms with Crippen molar-refractivity contribution in [2.24, 2.45) is 0 Å². The molecule has 0 saturated heterocycles. The Morgan fingerprint density at radius 2 is 1.03 bits per heavy atom. The molecule has 1 unspecified atom stereocenters. The Balaban J connectivity index is 1.05. The minimum atomic E-state index is -3.31. The van der Waals surface area contributed by atoms with Crippen LogP contribution in [0.25, 0.3) is 27.1 Å². The summed E-state index contributed by atoms with van der Waals surface area (Å²) in [4.78, 5) is 8.25. The molecular weight excluding hydrogens is 847 g/mol. The molecule has 0 radical (unpaired) electrons. The maximum atomic E-state index is 7.58. The van der Waals surface area contributed by atoms with Gasteiger partial charge in [-0.05, 0) is 34.9 Å². The van der Waals surface area contributed by atoms with Crippen LogP contribution in [0.3, 0.4) is 0 Å². The third-order valence-electron chi connectivity index (χ3n) is 12.7. The van der Waals surface area contributed by atoms with Crippen molar-refractivity contribution < 1.29 is 0 Å². The first kappa shape index (κ1) is 42.6. The average molecular weight is 899 g/mol. The number of rotatable bonds is 12. The van der Waals surface area contributed by atoms with Gasteiger partial charge in [0.05, 0.1) is 6.57 Å². The fraction of sp³-hybridized carbons (Fsp3) is 0.0656. The van der Waals surface area contributed by atoms with Crippen LogP contribution in [0.15, 0.2) is 259 Å². The van der Waals surface area contributed by atoms with E-state index in [0.29, 0.717) is 5.69 Å². The zero-order valence-corrected chi connectivity index (χ0v) is 39.2. The van der Waals surface area contributed by atoms with Crippen LogP contribution >= 0.6 is 0 Å². The van der Waals surface area contributed by atoms with E-state index in [1.165, 1.54) is 51.2 Å². The van der Waals surface area contributed by atoms with Crippen molar-refractivity contribution in [1.82, 2.24) is 0 Å². The molecule has 0 amide bonds. The summed E-state index contributed by atoms with van der Waals surface area (Å²) in [5.41, 5.74) is 12.2. The van der Waals surface area contributed by atoms with E-state index in [4.69, 9.17) is 6.57 Å². The van der Waals surface area contributed by atoms with Gasteiger partial charge in [0.2, 0.25) is 0 Å². The van der Waals surface area contributed by atoms with E-state index >= 15 is 0 Å². The van der Waals surface area contributed by atoms with Crippen LogP contribution in [0, 0.1) is 6.57 Å². The number of hydrogen-bond acceptors (Lipinski definition) is 2. The van der Waals surface area contributed by atoms with Gasteiger partial charge < -0.3 is 4.90 Å². The molecule has 0 aliphatic carbocycles. The number of hydrogen-bond donors (Lipinski definition) is 0. The molecule has 0 N–H and O–H groups in total. The molecule has 3 nitrogen and oxygen atoms in total. The topological polar surface area (TPSA) is 10.8 Å². The fourth-order valence-corrected chi connectivity index (χ4v) is 19.4. The van der Waals surface area contributed by atoms with Crippen molar-refractivity contribution in [2.45, 2.75) is 26.7 Å². The Hall–Kier alpha value is -7.65. The van der Waals surface area contributed by atoms with Crippen molar-refractivity contribution in [3.8, 4) is 22.3 Å². The van der Waals surface area contributed by atoms with Crippen LogP contribution in [0.2, 0.25) is 0 Å². The van der Waals surface area contributed by atoms with E-state index in [2.05, 4.69) is 260 Å². The molecule has 65 heavy (non-hydrogen) atoms. The van der Waals surface area contributed by atoms with Crippen molar-refractivity contribution in [1.29, 1.82) is 0 Å². The predicted octanol–water partition coefficient (Wildman–Crippen LogP) is 14.6. The van der Waals surface area contributed by atoms with Gasteiger partial charge >= 0.3 is 242 Å². The van der Waals surface area contributed by atoms with Crippen LogP contribution in [0.5, 0.6) is 0 Å². The summed E-state index contributed by atoms with van der Waals surface area (Å²) in [5, 5.41) is 0. The Bertz CT molecular complexity index is 3000. The molecule has 0 saturated carbocycles. The Morgan fingerprint density at radius 3 is 1.60 bits per heavy atom. The van der Waals surface area contributed by atoms with Gasteiger partial charge in [-0.1, -0.05) is 67.6 Å². The second-order valence-corrected chi connectivity index (χ2v) is 24.9. The van der Waals surface area contributed by atoms with Gasteiger partial charge in [-0.25, -0.2) is 4.85 Å². The molecule has 0 bridgehead atoms. The summed E-state index contributed by atoms with van der Waals surface area (Å²) in [6, 6.07) is 76.4. The number of fused-ring (bicyclic) bond motifs is 1. The predicted molar refractivity (Wildman–Crippen MR) is 279 cm³/mol. The van der Waals surface area contributed by atoms with Crippen molar-refractivity contribution >= 4 is 54.9 Å². The minimum absolute atomic E-state index is 0.198. The van der Waals surface area contributed by atoms with Crippen LogP contribution in [0.4, 0.5) is 28.4 Å².